The van der Waals surface area contributed by atoms with Crippen LogP contribution in [0.4, 0.5) is 0 Å². The van der Waals surface area contributed by atoms with E-state index in [0.717, 1.165) is 17.7 Å². The largest absolute Gasteiger partial charge is 0.497 e. The van der Waals surface area contributed by atoms with Crippen LogP contribution in [0.2, 0.25) is 0 Å². The molecule has 1 unspecified atom stereocenters. The molecule has 25 heavy (non-hydrogen) atoms. The van der Waals surface area contributed by atoms with Crippen LogP contribution in [0.1, 0.15) is 28.7 Å². The van der Waals surface area contributed by atoms with Gasteiger partial charge in [-0.3, -0.25) is 9.78 Å². The summed E-state index contributed by atoms with van der Waals surface area (Å²) in [5, 5.41) is 4.00. The van der Waals surface area contributed by atoms with Crippen molar-refractivity contribution in [1.29, 1.82) is 0 Å². The zero-order chi connectivity index (χ0) is 17.2. The fourth-order valence-corrected chi connectivity index (χ4v) is 2.77. The summed E-state index contributed by atoms with van der Waals surface area (Å²) in [6.45, 7) is 0.667. The summed E-state index contributed by atoms with van der Waals surface area (Å²) in [5.41, 5.74) is 1.39. The third-order valence-corrected chi connectivity index (χ3v) is 4.26. The summed E-state index contributed by atoms with van der Waals surface area (Å²) in [7, 11) is 1.59. The van der Waals surface area contributed by atoms with E-state index in [2.05, 4.69) is 15.1 Å². The second-order valence-electron chi connectivity index (χ2n) is 5.73. The Morgan fingerprint density at radius 2 is 2.12 bits per heavy atom. The molecule has 1 fully saturated rings. The molecule has 1 saturated heterocycles. The standard InChI is InChI=1S/C18H16N4O3/c1-24-14-6-4-12(5-7-14)18(23)22-10-8-15(22)17-20-16(21-25-17)13-3-2-9-19-11-13/h2-7,9,11,15H,8,10H2,1H3. The van der Waals surface area contributed by atoms with Crippen molar-refractivity contribution >= 4 is 5.91 Å². The minimum absolute atomic E-state index is 0.0555. The lowest BCUT2D eigenvalue weighted by molar-refractivity contribution is 0.0379. The third-order valence-electron chi connectivity index (χ3n) is 4.26. The number of pyridine rings is 1. The third kappa shape index (κ3) is 2.84. The van der Waals surface area contributed by atoms with E-state index >= 15 is 0 Å². The maximum absolute atomic E-state index is 12.7. The fourth-order valence-electron chi connectivity index (χ4n) is 2.77. The number of nitrogens with zero attached hydrogens (tertiary/aromatic N) is 4. The molecule has 2 aromatic heterocycles. The summed E-state index contributed by atoms with van der Waals surface area (Å²) in [6.07, 6.45) is 4.16. The molecule has 4 rings (SSSR count). The zero-order valence-electron chi connectivity index (χ0n) is 13.6. The number of rotatable bonds is 4. The lowest BCUT2D eigenvalue weighted by atomic mass is 10.0. The topological polar surface area (TPSA) is 81.4 Å². The highest BCUT2D eigenvalue weighted by molar-refractivity contribution is 5.95. The first-order chi connectivity index (χ1) is 12.3. The molecule has 126 valence electrons. The van der Waals surface area contributed by atoms with Crippen LogP contribution < -0.4 is 4.74 Å². The van der Waals surface area contributed by atoms with E-state index in [1.807, 2.05) is 12.1 Å². The lowest BCUT2D eigenvalue weighted by Crippen LogP contribution is -2.45. The molecule has 1 aliphatic rings. The second kappa shape index (κ2) is 6.35. The molecule has 0 bridgehead atoms. The maximum atomic E-state index is 12.7. The van der Waals surface area contributed by atoms with Gasteiger partial charge < -0.3 is 14.2 Å². The molecule has 0 radical (unpaired) electrons. The minimum atomic E-state index is -0.187. The second-order valence-corrected chi connectivity index (χ2v) is 5.73. The quantitative estimate of drug-likeness (QED) is 0.729. The fraction of sp³-hybridized carbons (Fsp3) is 0.222. The molecule has 0 saturated carbocycles. The van der Waals surface area contributed by atoms with E-state index in [1.165, 1.54) is 0 Å². The number of amides is 1. The van der Waals surface area contributed by atoms with E-state index in [-0.39, 0.29) is 11.9 Å². The number of likely N-dealkylation sites (tertiary alicyclic amines) is 1. The van der Waals surface area contributed by atoms with E-state index in [4.69, 9.17) is 9.26 Å². The van der Waals surface area contributed by atoms with Crippen LogP contribution in [-0.2, 0) is 0 Å². The van der Waals surface area contributed by atoms with Crippen molar-refractivity contribution in [2.45, 2.75) is 12.5 Å². The van der Waals surface area contributed by atoms with Crippen molar-refractivity contribution < 1.29 is 14.1 Å². The van der Waals surface area contributed by atoms with Crippen molar-refractivity contribution in [1.82, 2.24) is 20.0 Å². The number of hydrogen-bond donors (Lipinski definition) is 0. The van der Waals surface area contributed by atoms with E-state index in [9.17, 15) is 4.79 Å². The molecule has 0 aliphatic carbocycles. The Morgan fingerprint density at radius 3 is 2.76 bits per heavy atom. The number of ether oxygens (including phenoxy) is 1. The number of benzene rings is 1. The van der Waals surface area contributed by atoms with Crippen LogP contribution in [0, 0.1) is 0 Å². The molecule has 1 atom stereocenters. The van der Waals surface area contributed by atoms with E-state index < -0.39 is 0 Å². The first-order valence-electron chi connectivity index (χ1n) is 7.95. The minimum Gasteiger partial charge on any atom is -0.497 e. The average molecular weight is 336 g/mol. The van der Waals surface area contributed by atoms with Gasteiger partial charge in [-0.05, 0) is 42.8 Å². The summed E-state index contributed by atoms with van der Waals surface area (Å²) >= 11 is 0. The molecule has 3 heterocycles. The highest BCUT2D eigenvalue weighted by Gasteiger charge is 2.37. The van der Waals surface area contributed by atoms with Gasteiger partial charge in [-0.15, -0.1) is 0 Å². The van der Waals surface area contributed by atoms with Crippen LogP contribution >= 0.6 is 0 Å². The van der Waals surface area contributed by atoms with Crippen molar-refractivity contribution in [3.8, 4) is 17.1 Å². The Balaban J connectivity index is 1.52. The van der Waals surface area contributed by atoms with Gasteiger partial charge in [0.05, 0.1) is 7.11 Å². The Labute approximate surface area is 144 Å². The first kappa shape index (κ1) is 15.3. The van der Waals surface area contributed by atoms with Crippen molar-refractivity contribution in [3.05, 3.63) is 60.2 Å². The van der Waals surface area contributed by atoms with Crippen LogP contribution in [0.15, 0.2) is 53.3 Å². The zero-order valence-corrected chi connectivity index (χ0v) is 13.6. The van der Waals surface area contributed by atoms with Crippen molar-refractivity contribution in [2.75, 3.05) is 13.7 Å². The molecule has 0 N–H and O–H groups in total. The molecule has 3 aromatic rings. The van der Waals surface area contributed by atoms with Crippen molar-refractivity contribution in [2.24, 2.45) is 0 Å². The van der Waals surface area contributed by atoms with Gasteiger partial charge in [0, 0.05) is 30.1 Å². The molecular weight excluding hydrogens is 320 g/mol. The predicted octanol–water partition coefficient (Wildman–Crippen LogP) is 2.73. The van der Waals surface area contributed by atoms with Gasteiger partial charge >= 0.3 is 0 Å². The highest BCUT2D eigenvalue weighted by atomic mass is 16.5. The Bertz CT molecular complexity index is 877. The number of aromatic nitrogens is 3. The van der Waals surface area contributed by atoms with Crippen LogP contribution in [0.5, 0.6) is 5.75 Å². The van der Waals surface area contributed by atoms with Gasteiger partial charge in [0.15, 0.2) is 0 Å². The van der Waals surface area contributed by atoms with Crippen LogP contribution in [0.25, 0.3) is 11.4 Å². The SMILES string of the molecule is COc1ccc(C(=O)N2CCC2c2nc(-c3cccnc3)no2)cc1. The summed E-state index contributed by atoms with van der Waals surface area (Å²) in [5.74, 6) is 1.59. The van der Waals surface area contributed by atoms with E-state index in [1.54, 1.807) is 48.7 Å². The normalized spacial score (nSPS) is 16.4. The molecule has 1 aliphatic heterocycles. The summed E-state index contributed by atoms with van der Waals surface area (Å²) in [6, 6.07) is 10.5. The number of hydrogen-bond acceptors (Lipinski definition) is 6. The lowest BCUT2D eigenvalue weighted by Gasteiger charge is -2.38. The van der Waals surface area contributed by atoms with E-state index in [0.29, 0.717) is 23.8 Å². The van der Waals surface area contributed by atoms with Gasteiger partial charge in [0.25, 0.3) is 5.91 Å². The maximum Gasteiger partial charge on any atom is 0.254 e. The molecule has 1 amide bonds. The summed E-state index contributed by atoms with van der Waals surface area (Å²) in [4.78, 5) is 22.9. The molecule has 7 nitrogen and oxygen atoms in total. The average Bonchev–Trinajstić information content (AvgIpc) is 3.11. The monoisotopic (exact) mass is 336 g/mol. The van der Waals surface area contributed by atoms with Gasteiger partial charge in [-0.1, -0.05) is 5.16 Å². The van der Waals surface area contributed by atoms with Gasteiger partial charge in [-0.25, -0.2) is 0 Å². The first-order valence-corrected chi connectivity index (χ1v) is 7.95. The van der Waals surface area contributed by atoms with Gasteiger partial charge in [0.2, 0.25) is 11.7 Å². The highest BCUT2D eigenvalue weighted by Crippen LogP contribution is 2.34. The van der Waals surface area contributed by atoms with Crippen molar-refractivity contribution in [3.63, 3.8) is 0 Å². The molecule has 7 heteroatoms. The number of carbonyl (C=O) groups is 1. The van der Waals surface area contributed by atoms with Crippen LogP contribution in [0.3, 0.4) is 0 Å². The Kier molecular flexibility index (Phi) is 3.89. The van der Waals surface area contributed by atoms with Gasteiger partial charge in [0.1, 0.15) is 11.8 Å². The Morgan fingerprint density at radius 1 is 1.28 bits per heavy atom. The number of carbonyl (C=O) groups excluding carboxylic acids is 1. The number of methoxy groups -OCH3 is 1. The van der Waals surface area contributed by atoms with Crippen LogP contribution in [-0.4, -0.2) is 39.6 Å². The Hall–Kier alpha value is -3.22. The van der Waals surface area contributed by atoms with Gasteiger partial charge in [-0.2, -0.15) is 4.98 Å². The molecule has 1 aromatic carbocycles. The molecular formula is C18H16N4O3. The molecule has 0 spiro atoms. The predicted molar refractivity (Wildman–Crippen MR) is 88.9 cm³/mol. The summed E-state index contributed by atoms with van der Waals surface area (Å²) < 4.78 is 10.5. The smallest absolute Gasteiger partial charge is 0.254 e.